The highest BCUT2D eigenvalue weighted by molar-refractivity contribution is 5.77. The second-order valence-electron chi connectivity index (χ2n) is 7.05. The predicted octanol–water partition coefficient (Wildman–Crippen LogP) is 4.34. The van der Waals surface area contributed by atoms with Crippen LogP contribution in [0.1, 0.15) is 42.3 Å². The second kappa shape index (κ2) is 7.74. The summed E-state index contributed by atoms with van der Waals surface area (Å²) in [6.45, 7) is 2.80. The van der Waals surface area contributed by atoms with Gasteiger partial charge in [-0.15, -0.1) is 0 Å². The molecule has 0 N–H and O–H groups in total. The van der Waals surface area contributed by atoms with Gasteiger partial charge in [0.1, 0.15) is 6.04 Å². The molecular formula is C22H23N3O2. The molecule has 1 atom stereocenters. The van der Waals surface area contributed by atoms with E-state index in [2.05, 4.69) is 22.3 Å². The molecule has 27 heavy (non-hydrogen) atoms. The minimum Gasteiger partial charge on any atom is -0.337 e. The molecule has 1 fully saturated rings. The Kier molecular flexibility index (Phi) is 5.01. The van der Waals surface area contributed by atoms with Gasteiger partial charge in [0.2, 0.25) is 17.6 Å². The quantitative estimate of drug-likeness (QED) is 0.678. The highest BCUT2D eigenvalue weighted by atomic mass is 16.5. The number of aryl methyl sites for hydroxylation is 2. The van der Waals surface area contributed by atoms with Gasteiger partial charge in [-0.1, -0.05) is 65.3 Å². The third kappa shape index (κ3) is 3.92. The highest BCUT2D eigenvalue weighted by Gasteiger charge is 2.33. The van der Waals surface area contributed by atoms with E-state index in [9.17, 15) is 4.79 Å². The summed E-state index contributed by atoms with van der Waals surface area (Å²) in [4.78, 5) is 19.2. The van der Waals surface area contributed by atoms with Gasteiger partial charge >= 0.3 is 0 Å². The largest absolute Gasteiger partial charge is 0.337 e. The molecule has 2 heterocycles. The van der Waals surface area contributed by atoms with E-state index < -0.39 is 0 Å². The number of benzene rings is 2. The van der Waals surface area contributed by atoms with E-state index in [0.29, 0.717) is 18.1 Å². The lowest BCUT2D eigenvalue weighted by atomic mass is 10.1. The first-order valence-corrected chi connectivity index (χ1v) is 9.45. The Balaban J connectivity index is 1.45. The van der Waals surface area contributed by atoms with Gasteiger partial charge in [0.15, 0.2) is 0 Å². The topological polar surface area (TPSA) is 59.2 Å². The van der Waals surface area contributed by atoms with Crippen molar-refractivity contribution in [3.05, 3.63) is 71.6 Å². The molecule has 0 saturated carbocycles. The predicted molar refractivity (Wildman–Crippen MR) is 103 cm³/mol. The first-order chi connectivity index (χ1) is 13.2. The number of amides is 1. The third-order valence-corrected chi connectivity index (χ3v) is 5.08. The monoisotopic (exact) mass is 361 g/mol. The van der Waals surface area contributed by atoms with Crippen molar-refractivity contribution in [2.75, 3.05) is 6.54 Å². The summed E-state index contributed by atoms with van der Waals surface area (Å²) >= 11 is 0. The molecule has 2 aromatic carbocycles. The number of hydrogen-bond acceptors (Lipinski definition) is 4. The number of hydrogen-bond donors (Lipinski definition) is 0. The second-order valence-corrected chi connectivity index (χ2v) is 7.05. The summed E-state index contributed by atoms with van der Waals surface area (Å²) in [5, 5.41) is 4.12. The molecular weight excluding hydrogens is 338 g/mol. The van der Waals surface area contributed by atoms with Crippen molar-refractivity contribution in [2.45, 2.75) is 38.6 Å². The Hall–Kier alpha value is -2.95. The fourth-order valence-electron chi connectivity index (χ4n) is 3.55. The number of likely N-dealkylation sites (tertiary alicyclic amines) is 1. The molecule has 4 rings (SSSR count). The van der Waals surface area contributed by atoms with Gasteiger partial charge in [0, 0.05) is 18.5 Å². The molecule has 5 heteroatoms. The lowest BCUT2D eigenvalue weighted by Crippen LogP contribution is -2.30. The number of nitrogens with zero attached hydrogens (tertiary/aromatic N) is 3. The van der Waals surface area contributed by atoms with Crippen molar-refractivity contribution >= 4 is 5.91 Å². The Bertz CT molecular complexity index is 903. The van der Waals surface area contributed by atoms with Crippen molar-refractivity contribution in [1.82, 2.24) is 15.0 Å². The summed E-state index contributed by atoms with van der Waals surface area (Å²) in [6.07, 6.45) is 3.08. The smallest absolute Gasteiger partial charge is 0.249 e. The molecule has 3 aromatic rings. The van der Waals surface area contributed by atoms with E-state index in [0.717, 1.165) is 31.4 Å². The Morgan fingerprint density at radius 3 is 2.70 bits per heavy atom. The van der Waals surface area contributed by atoms with Crippen LogP contribution in [-0.2, 0) is 11.2 Å². The van der Waals surface area contributed by atoms with Crippen molar-refractivity contribution in [3.63, 3.8) is 0 Å². The van der Waals surface area contributed by atoms with Crippen LogP contribution >= 0.6 is 0 Å². The summed E-state index contributed by atoms with van der Waals surface area (Å²) in [6, 6.07) is 18.0. The maximum absolute atomic E-state index is 12.8. The molecule has 5 nitrogen and oxygen atoms in total. The van der Waals surface area contributed by atoms with Crippen molar-refractivity contribution in [1.29, 1.82) is 0 Å². The van der Waals surface area contributed by atoms with Gasteiger partial charge in [0.05, 0.1) is 0 Å². The van der Waals surface area contributed by atoms with Gasteiger partial charge in [-0.3, -0.25) is 4.79 Å². The zero-order valence-corrected chi connectivity index (χ0v) is 15.5. The molecule has 0 spiro atoms. The van der Waals surface area contributed by atoms with E-state index in [-0.39, 0.29) is 11.9 Å². The minimum atomic E-state index is -0.111. The lowest BCUT2D eigenvalue weighted by molar-refractivity contribution is -0.132. The fraction of sp³-hybridized carbons (Fsp3) is 0.318. The minimum absolute atomic E-state index is 0.111. The Labute approximate surface area is 159 Å². The Morgan fingerprint density at radius 2 is 1.93 bits per heavy atom. The lowest BCUT2D eigenvalue weighted by Gasteiger charge is -2.21. The number of carbonyl (C=O) groups is 1. The molecule has 138 valence electrons. The van der Waals surface area contributed by atoms with Crippen molar-refractivity contribution in [3.8, 4) is 11.4 Å². The summed E-state index contributed by atoms with van der Waals surface area (Å²) in [5.41, 5.74) is 3.30. The average molecular weight is 361 g/mol. The number of rotatable bonds is 5. The fourth-order valence-corrected chi connectivity index (χ4v) is 3.55. The third-order valence-electron chi connectivity index (χ3n) is 5.08. The van der Waals surface area contributed by atoms with Crippen LogP contribution in [0.2, 0.25) is 0 Å². The van der Waals surface area contributed by atoms with E-state index in [1.54, 1.807) is 0 Å². The summed E-state index contributed by atoms with van der Waals surface area (Å²) in [7, 11) is 0. The molecule has 0 aliphatic carbocycles. The van der Waals surface area contributed by atoms with Crippen LogP contribution in [0.15, 0.2) is 59.1 Å². The first-order valence-electron chi connectivity index (χ1n) is 9.45. The van der Waals surface area contributed by atoms with Gasteiger partial charge in [-0.05, 0) is 31.7 Å². The normalized spacial score (nSPS) is 16.6. The average Bonchev–Trinajstić information content (AvgIpc) is 3.37. The van der Waals surface area contributed by atoms with Crippen LogP contribution in [0.25, 0.3) is 11.4 Å². The SMILES string of the molecule is Cc1ccc(-c2noc([C@@H]3CCCN3C(=O)CCc3ccccc3)n2)cc1. The molecule has 1 saturated heterocycles. The zero-order chi connectivity index (χ0) is 18.6. The maximum atomic E-state index is 12.8. The Morgan fingerprint density at radius 1 is 1.15 bits per heavy atom. The van der Waals surface area contributed by atoms with E-state index in [1.807, 2.05) is 54.3 Å². The van der Waals surface area contributed by atoms with Gasteiger partial charge in [-0.25, -0.2) is 0 Å². The van der Waals surface area contributed by atoms with Crippen molar-refractivity contribution < 1.29 is 9.32 Å². The molecule has 0 radical (unpaired) electrons. The molecule has 1 amide bonds. The van der Waals surface area contributed by atoms with Crippen LogP contribution in [0, 0.1) is 6.92 Å². The first kappa shape index (κ1) is 17.5. The van der Waals surface area contributed by atoms with Crippen LogP contribution in [0.5, 0.6) is 0 Å². The van der Waals surface area contributed by atoms with E-state index >= 15 is 0 Å². The number of aromatic nitrogens is 2. The summed E-state index contributed by atoms with van der Waals surface area (Å²) in [5.74, 6) is 1.26. The van der Waals surface area contributed by atoms with E-state index in [4.69, 9.17) is 4.52 Å². The van der Waals surface area contributed by atoms with Crippen LogP contribution < -0.4 is 0 Å². The van der Waals surface area contributed by atoms with Gasteiger partial charge in [0.25, 0.3) is 0 Å². The standard InChI is InChI=1S/C22H23N3O2/c1-16-9-12-18(13-10-16)21-23-22(27-24-21)19-8-5-15-25(19)20(26)14-11-17-6-3-2-4-7-17/h2-4,6-7,9-10,12-13,19H,5,8,11,14-15H2,1H3/t19-/m0/s1. The maximum Gasteiger partial charge on any atom is 0.249 e. The van der Waals surface area contributed by atoms with Crippen LogP contribution in [0.3, 0.4) is 0 Å². The van der Waals surface area contributed by atoms with Gasteiger partial charge in [-0.2, -0.15) is 4.98 Å². The summed E-state index contributed by atoms with van der Waals surface area (Å²) < 4.78 is 5.52. The molecule has 1 aliphatic rings. The molecule has 1 aliphatic heterocycles. The van der Waals surface area contributed by atoms with Crippen molar-refractivity contribution in [2.24, 2.45) is 0 Å². The zero-order valence-electron chi connectivity index (χ0n) is 15.5. The van der Waals surface area contributed by atoms with Crippen LogP contribution in [0.4, 0.5) is 0 Å². The molecule has 0 bridgehead atoms. The van der Waals surface area contributed by atoms with Crippen LogP contribution in [-0.4, -0.2) is 27.5 Å². The molecule has 1 aromatic heterocycles. The highest BCUT2D eigenvalue weighted by Crippen LogP contribution is 2.32. The van der Waals surface area contributed by atoms with E-state index in [1.165, 1.54) is 11.1 Å². The van der Waals surface area contributed by atoms with Gasteiger partial charge < -0.3 is 9.42 Å². The molecule has 0 unspecified atom stereocenters. The number of carbonyl (C=O) groups excluding carboxylic acids is 1.